The number of carbonyl (C=O) groups excluding carboxylic acids is 2. The van der Waals surface area contributed by atoms with E-state index in [-0.39, 0.29) is 17.2 Å². The molecule has 10 heteroatoms. The molecule has 4 aromatic rings. The molecule has 0 aliphatic heterocycles. The standard InChI is InChI=1S/C24H22N6O3S/c1-2-33-23-19(14-9-15-25-23)22(32)28-26-20(31)16-34-24-29-27-21(17-10-5-3-6-11-17)30(24)18-12-7-4-8-13-18/h3-15H,2,16H2,1H3,(H,26,31)(H,28,32). The molecule has 0 bridgehead atoms. The molecule has 0 unspecified atom stereocenters. The molecule has 2 amide bonds. The molecule has 0 saturated heterocycles. The van der Waals surface area contributed by atoms with Crippen molar-refractivity contribution in [2.75, 3.05) is 12.4 Å². The van der Waals surface area contributed by atoms with Crippen LogP contribution in [0.1, 0.15) is 17.3 Å². The molecule has 0 atom stereocenters. The predicted octanol–water partition coefficient (Wildman–Crippen LogP) is 3.28. The highest BCUT2D eigenvalue weighted by atomic mass is 32.2. The number of hydrogen-bond acceptors (Lipinski definition) is 7. The number of ether oxygens (including phenoxy) is 1. The molecule has 9 nitrogen and oxygen atoms in total. The Morgan fingerprint density at radius 2 is 1.68 bits per heavy atom. The van der Waals surface area contributed by atoms with Crippen LogP contribution in [0.25, 0.3) is 17.1 Å². The Hall–Kier alpha value is -4.18. The number of aromatic nitrogens is 4. The van der Waals surface area contributed by atoms with Crippen molar-refractivity contribution >= 4 is 23.6 Å². The number of para-hydroxylation sites is 1. The summed E-state index contributed by atoms with van der Waals surface area (Å²) in [6.45, 7) is 2.17. The van der Waals surface area contributed by atoms with E-state index in [9.17, 15) is 9.59 Å². The Bertz CT molecular complexity index is 1260. The number of carbonyl (C=O) groups is 2. The van der Waals surface area contributed by atoms with Gasteiger partial charge in [0.1, 0.15) is 5.56 Å². The topological polar surface area (TPSA) is 111 Å². The van der Waals surface area contributed by atoms with Crippen LogP contribution in [0, 0.1) is 0 Å². The third kappa shape index (κ3) is 5.41. The minimum Gasteiger partial charge on any atom is -0.477 e. The second-order valence-corrected chi connectivity index (χ2v) is 7.87. The first-order valence-corrected chi connectivity index (χ1v) is 11.5. The summed E-state index contributed by atoms with van der Waals surface area (Å²) in [4.78, 5) is 28.9. The van der Waals surface area contributed by atoms with Gasteiger partial charge in [0.25, 0.3) is 5.91 Å². The van der Waals surface area contributed by atoms with Gasteiger partial charge in [-0.2, -0.15) is 0 Å². The van der Waals surface area contributed by atoms with Gasteiger partial charge in [0.05, 0.1) is 12.4 Å². The average molecular weight is 475 g/mol. The first-order chi connectivity index (χ1) is 16.7. The van der Waals surface area contributed by atoms with Crippen LogP contribution in [0.3, 0.4) is 0 Å². The van der Waals surface area contributed by atoms with Gasteiger partial charge in [-0.05, 0) is 31.2 Å². The monoisotopic (exact) mass is 474 g/mol. The van der Waals surface area contributed by atoms with Crippen molar-refractivity contribution in [2.45, 2.75) is 12.1 Å². The highest BCUT2D eigenvalue weighted by Crippen LogP contribution is 2.27. The summed E-state index contributed by atoms with van der Waals surface area (Å²) < 4.78 is 7.26. The number of nitrogens with zero attached hydrogens (tertiary/aromatic N) is 4. The summed E-state index contributed by atoms with van der Waals surface area (Å²) in [5.41, 5.74) is 6.83. The summed E-state index contributed by atoms with van der Waals surface area (Å²) >= 11 is 1.21. The number of pyridine rings is 1. The van der Waals surface area contributed by atoms with E-state index >= 15 is 0 Å². The van der Waals surface area contributed by atoms with Crippen LogP contribution >= 0.6 is 11.8 Å². The van der Waals surface area contributed by atoms with Crippen molar-refractivity contribution in [1.29, 1.82) is 0 Å². The van der Waals surface area contributed by atoms with E-state index in [0.29, 0.717) is 17.6 Å². The molecule has 172 valence electrons. The summed E-state index contributed by atoms with van der Waals surface area (Å²) in [5.74, 6) is -0.0258. The van der Waals surface area contributed by atoms with Crippen molar-refractivity contribution in [3.8, 4) is 23.0 Å². The minimum absolute atomic E-state index is 0.0192. The van der Waals surface area contributed by atoms with E-state index in [2.05, 4.69) is 26.0 Å². The number of rotatable bonds is 8. The van der Waals surface area contributed by atoms with E-state index < -0.39 is 11.8 Å². The smallest absolute Gasteiger partial charge is 0.275 e. The average Bonchev–Trinajstić information content (AvgIpc) is 3.31. The highest BCUT2D eigenvalue weighted by molar-refractivity contribution is 7.99. The van der Waals surface area contributed by atoms with Gasteiger partial charge in [-0.1, -0.05) is 60.3 Å². The lowest BCUT2D eigenvalue weighted by atomic mass is 10.2. The zero-order valence-electron chi connectivity index (χ0n) is 18.3. The quantitative estimate of drug-likeness (QED) is 0.298. The maximum absolute atomic E-state index is 12.4. The number of hydrogen-bond donors (Lipinski definition) is 2. The van der Waals surface area contributed by atoms with Gasteiger partial charge in [-0.15, -0.1) is 10.2 Å². The van der Waals surface area contributed by atoms with E-state index in [4.69, 9.17) is 4.74 Å². The highest BCUT2D eigenvalue weighted by Gasteiger charge is 2.18. The Balaban J connectivity index is 1.44. The Morgan fingerprint density at radius 3 is 2.41 bits per heavy atom. The molecule has 2 N–H and O–H groups in total. The lowest BCUT2D eigenvalue weighted by Crippen LogP contribution is -2.42. The van der Waals surface area contributed by atoms with Crippen LogP contribution in [-0.2, 0) is 4.79 Å². The molecule has 0 aliphatic rings. The van der Waals surface area contributed by atoms with Gasteiger partial charge in [-0.3, -0.25) is 25.0 Å². The van der Waals surface area contributed by atoms with Gasteiger partial charge in [0.15, 0.2) is 11.0 Å². The molecule has 2 aromatic carbocycles. The summed E-state index contributed by atoms with van der Waals surface area (Å²) in [6.07, 6.45) is 1.53. The maximum Gasteiger partial charge on any atom is 0.275 e. The van der Waals surface area contributed by atoms with Gasteiger partial charge < -0.3 is 4.74 Å². The fourth-order valence-corrected chi connectivity index (χ4v) is 3.87. The van der Waals surface area contributed by atoms with Gasteiger partial charge in [-0.25, -0.2) is 4.98 Å². The van der Waals surface area contributed by atoms with Crippen LogP contribution in [0.5, 0.6) is 5.88 Å². The second-order valence-electron chi connectivity index (χ2n) is 6.92. The van der Waals surface area contributed by atoms with E-state index in [1.165, 1.54) is 18.0 Å². The van der Waals surface area contributed by atoms with Gasteiger partial charge in [0.2, 0.25) is 11.8 Å². The summed E-state index contributed by atoms with van der Waals surface area (Å²) in [7, 11) is 0. The van der Waals surface area contributed by atoms with Crippen molar-refractivity contribution in [2.24, 2.45) is 0 Å². The van der Waals surface area contributed by atoms with Crippen molar-refractivity contribution < 1.29 is 14.3 Å². The zero-order chi connectivity index (χ0) is 23.8. The Kier molecular flexibility index (Phi) is 7.51. The number of hydrazine groups is 1. The predicted molar refractivity (Wildman–Crippen MR) is 129 cm³/mol. The van der Waals surface area contributed by atoms with E-state index in [0.717, 1.165) is 11.3 Å². The number of nitrogens with one attached hydrogen (secondary N) is 2. The lowest BCUT2D eigenvalue weighted by molar-refractivity contribution is -0.119. The van der Waals surface area contributed by atoms with Crippen LogP contribution in [0.4, 0.5) is 0 Å². The maximum atomic E-state index is 12.4. The van der Waals surface area contributed by atoms with Crippen molar-refractivity contribution in [3.05, 3.63) is 84.6 Å². The normalized spacial score (nSPS) is 10.5. The molecular formula is C24H22N6O3S. The van der Waals surface area contributed by atoms with Crippen molar-refractivity contribution in [3.63, 3.8) is 0 Å². The molecule has 34 heavy (non-hydrogen) atoms. The minimum atomic E-state index is -0.520. The Labute approximate surface area is 200 Å². The Morgan fingerprint density at radius 1 is 0.941 bits per heavy atom. The molecule has 0 saturated carbocycles. The number of thioether (sulfide) groups is 1. The molecule has 0 fully saturated rings. The van der Waals surface area contributed by atoms with Crippen LogP contribution in [0.15, 0.2) is 84.1 Å². The van der Waals surface area contributed by atoms with Crippen molar-refractivity contribution in [1.82, 2.24) is 30.6 Å². The fourth-order valence-electron chi connectivity index (χ4n) is 3.12. The second kappa shape index (κ2) is 11.1. The number of amides is 2. The van der Waals surface area contributed by atoms with Crippen LogP contribution in [-0.4, -0.2) is 43.9 Å². The molecule has 0 aliphatic carbocycles. The molecule has 0 spiro atoms. The first-order valence-electron chi connectivity index (χ1n) is 10.5. The molecular weight excluding hydrogens is 452 g/mol. The SMILES string of the molecule is CCOc1ncccc1C(=O)NNC(=O)CSc1nnc(-c2ccccc2)n1-c1ccccc1. The lowest BCUT2D eigenvalue weighted by Gasteiger charge is -2.11. The van der Waals surface area contributed by atoms with E-state index in [1.54, 1.807) is 19.1 Å². The summed E-state index contributed by atoms with van der Waals surface area (Å²) in [5, 5.41) is 9.20. The molecule has 0 radical (unpaired) electrons. The third-order valence-corrected chi connectivity index (χ3v) is 5.55. The largest absolute Gasteiger partial charge is 0.477 e. The van der Waals surface area contributed by atoms with E-state index in [1.807, 2.05) is 65.2 Å². The van der Waals surface area contributed by atoms with Gasteiger partial charge in [0, 0.05) is 17.4 Å². The zero-order valence-corrected chi connectivity index (χ0v) is 19.2. The molecule has 4 rings (SSSR count). The van der Waals surface area contributed by atoms with Gasteiger partial charge >= 0.3 is 0 Å². The van der Waals surface area contributed by atoms with Crippen LogP contribution in [0.2, 0.25) is 0 Å². The third-order valence-electron chi connectivity index (χ3n) is 4.62. The molecule has 2 heterocycles. The number of benzene rings is 2. The molecule has 2 aromatic heterocycles. The first kappa shape index (κ1) is 23.0. The van der Waals surface area contributed by atoms with Crippen LogP contribution < -0.4 is 15.6 Å². The fraction of sp³-hybridized carbons (Fsp3) is 0.125. The summed E-state index contributed by atoms with van der Waals surface area (Å²) in [6, 6.07) is 22.6.